The molecular formula is C23H19N3O4. The van der Waals surface area contributed by atoms with Crippen LogP contribution in [-0.2, 0) is 16.1 Å². The number of carbonyl (C=O) groups is 2. The highest BCUT2D eigenvalue weighted by atomic mass is 16.4. The Balaban J connectivity index is 1.76. The molecule has 30 heavy (non-hydrogen) atoms. The number of carboxylic acid groups (broad SMARTS) is 1. The molecule has 7 nitrogen and oxygen atoms in total. The Hall–Kier alpha value is -4.00. The van der Waals surface area contributed by atoms with Gasteiger partial charge in [-0.3, -0.25) is 14.2 Å². The van der Waals surface area contributed by atoms with Crippen LogP contribution >= 0.6 is 0 Å². The highest BCUT2D eigenvalue weighted by molar-refractivity contribution is 6.04. The second kappa shape index (κ2) is 7.79. The summed E-state index contributed by atoms with van der Waals surface area (Å²) in [4.78, 5) is 41.8. The quantitative estimate of drug-likeness (QED) is 0.679. The first-order valence-electron chi connectivity index (χ1n) is 9.43. The van der Waals surface area contributed by atoms with Crippen molar-refractivity contribution in [2.45, 2.75) is 13.0 Å². The van der Waals surface area contributed by atoms with E-state index in [4.69, 9.17) is 10.1 Å². The number of hydrogen-bond acceptors (Lipinski definition) is 4. The largest absolute Gasteiger partial charge is 0.478 e. The smallest absolute Gasteiger partial charge is 0.328 e. The molecule has 0 spiro atoms. The number of benzene rings is 2. The lowest BCUT2D eigenvalue weighted by Crippen LogP contribution is -2.25. The average Bonchev–Trinajstić information content (AvgIpc) is 3.14. The van der Waals surface area contributed by atoms with Crippen molar-refractivity contribution in [3.8, 4) is 0 Å². The van der Waals surface area contributed by atoms with E-state index in [0.29, 0.717) is 29.0 Å². The van der Waals surface area contributed by atoms with E-state index in [0.717, 1.165) is 29.7 Å². The molecule has 150 valence electrons. The standard InChI is InChI=1S/C23H19N3O4/c1-25(20(27)9-10-21(28)29)17-7-8-18-19(14-17)24-22-16(11-12-26(22)23(18)30)13-15-5-3-2-4-6-15/h2-10,13-14H,11-12H2,1H3,(H,28,29)/b10-9+,16-13?. The van der Waals surface area contributed by atoms with Crippen LogP contribution in [0.15, 0.2) is 65.5 Å². The lowest BCUT2D eigenvalue weighted by molar-refractivity contribution is -0.131. The molecule has 0 fully saturated rings. The van der Waals surface area contributed by atoms with Crippen LogP contribution in [-0.4, -0.2) is 33.6 Å². The lowest BCUT2D eigenvalue weighted by atomic mass is 10.1. The molecule has 0 unspecified atom stereocenters. The molecule has 4 rings (SSSR count). The van der Waals surface area contributed by atoms with Gasteiger partial charge in [-0.1, -0.05) is 30.3 Å². The molecule has 2 heterocycles. The number of carbonyl (C=O) groups excluding carboxylic acids is 1. The predicted molar refractivity (Wildman–Crippen MR) is 115 cm³/mol. The zero-order valence-corrected chi connectivity index (χ0v) is 16.3. The van der Waals surface area contributed by atoms with Gasteiger partial charge in [0.1, 0.15) is 5.82 Å². The summed E-state index contributed by atoms with van der Waals surface area (Å²) < 4.78 is 1.68. The Bertz CT molecular complexity index is 1270. The first-order chi connectivity index (χ1) is 14.4. The first-order valence-corrected chi connectivity index (χ1v) is 9.43. The number of anilines is 1. The number of aromatic nitrogens is 2. The van der Waals surface area contributed by atoms with Gasteiger partial charge in [0.2, 0.25) is 0 Å². The second-order valence-corrected chi connectivity index (χ2v) is 6.99. The van der Waals surface area contributed by atoms with Crippen molar-refractivity contribution in [1.29, 1.82) is 0 Å². The van der Waals surface area contributed by atoms with Crippen molar-refractivity contribution in [3.63, 3.8) is 0 Å². The minimum atomic E-state index is -1.20. The first kappa shape index (κ1) is 19.3. The second-order valence-electron chi connectivity index (χ2n) is 6.99. The highest BCUT2D eigenvalue weighted by Crippen LogP contribution is 2.28. The summed E-state index contributed by atoms with van der Waals surface area (Å²) in [6, 6.07) is 14.8. The topological polar surface area (TPSA) is 92.5 Å². The highest BCUT2D eigenvalue weighted by Gasteiger charge is 2.21. The van der Waals surface area contributed by atoms with Crippen LogP contribution in [0.3, 0.4) is 0 Å². The summed E-state index contributed by atoms with van der Waals surface area (Å²) in [6.45, 7) is 0.579. The number of aliphatic carboxylic acids is 1. The third-order valence-corrected chi connectivity index (χ3v) is 5.06. The van der Waals surface area contributed by atoms with Gasteiger partial charge in [-0.2, -0.15) is 0 Å². The van der Waals surface area contributed by atoms with Crippen LogP contribution in [0.2, 0.25) is 0 Å². The maximum Gasteiger partial charge on any atom is 0.328 e. The van der Waals surface area contributed by atoms with Crippen LogP contribution in [0.25, 0.3) is 22.6 Å². The van der Waals surface area contributed by atoms with Gasteiger partial charge in [0, 0.05) is 31.4 Å². The zero-order valence-electron chi connectivity index (χ0n) is 16.3. The molecule has 1 N–H and O–H groups in total. The van der Waals surface area contributed by atoms with Crippen molar-refractivity contribution >= 4 is 40.1 Å². The minimum Gasteiger partial charge on any atom is -0.478 e. The maximum absolute atomic E-state index is 12.9. The number of hydrogen-bond donors (Lipinski definition) is 1. The fraction of sp³-hybridized carbons (Fsp3) is 0.130. The van der Waals surface area contributed by atoms with E-state index in [1.165, 1.54) is 11.9 Å². The number of amides is 1. The molecular weight excluding hydrogens is 382 g/mol. The Labute approximate surface area is 172 Å². The van der Waals surface area contributed by atoms with E-state index in [1.807, 2.05) is 36.4 Å². The molecule has 0 radical (unpaired) electrons. The van der Waals surface area contributed by atoms with E-state index in [1.54, 1.807) is 22.8 Å². The van der Waals surface area contributed by atoms with E-state index >= 15 is 0 Å². The number of carboxylic acids is 1. The van der Waals surface area contributed by atoms with Gasteiger partial charge in [-0.15, -0.1) is 0 Å². The molecule has 0 saturated heterocycles. The van der Waals surface area contributed by atoms with Crippen LogP contribution in [0, 0.1) is 0 Å². The fourth-order valence-electron chi connectivity index (χ4n) is 3.48. The number of nitrogens with zero attached hydrogens (tertiary/aromatic N) is 3. The Morgan fingerprint density at radius 3 is 2.63 bits per heavy atom. The van der Waals surface area contributed by atoms with Gasteiger partial charge in [0.15, 0.2) is 0 Å². The molecule has 0 aliphatic carbocycles. The van der Waals surface area contributed by atoms with E-state index in [2.05, 4.69) is 0 Å². The van der Waals surface area contributed by atoms with Gasteiger partial charge in [-0.25, -0.2) is 9.78 Å². The van der Waals surface area contributed by atoms with Crippen LogP contribution in [0.5, 0.6) is 0 Å². The third kappa shape index (κ3) is 3.65. The molecule has 3 aromatic rings. The zero-order chi connectivity index (χ0) is 21.3. The van der Waals surface area contributed by atoms with Gasteiger partial charge >= 0.3 is 5.97 Å². The van der Waals surface area contributed by atoms with Gasteiger partial charge in [0.05, 0.1) is 10.9 Å². The van der Waals surface area contributed by atoms with Crippen LogP contribution in [0.4, 0.5) is 5.69 Å². The fourth-order valence-corrected chi connectivity index (χ4v) is 3.48. The van der Waals surface area contributed by atoms with Crippen molar-refractivity contribution in [3.05, 3.63) is 82.4 Å². The van der Waals surface area contributed by atoms with E-state index < -0.39 is 11.9 Å². The summed E-state index contributed by atoms with van der Waals surface area (Å²) in [5.41, 5.74) is 2.93. The molecule has 1 aliphatic rings. The Morgan fingerprint density at radius 2 is 1.90 bits per heavy atom. The monoisotopic (exact) mass is 401 g/mol. The molecule has 2 aromatic carbocycles. The van der Waals surface area contributed by atoms with Crippen molar-refractivity contribution in [1.82, 2.24) is 9.55 Å². The predicted octanol–water partition coefficient (Wildman–Crippen LogP) is 2.94. The summed E-state index contributed by atoms with van der Waals surface area (Å²) in [6.07, 6.45) is 4.53. The molecule has 1 amide bonds. The van der Waals surface area contributed by atoms with E-state index in [9.17, 15) is 14.4 Å². The minimum absolute atomic E-state index is 0.113. The number of rotatable bonds is 4. The van der Waals surface area contributed by atoms with Crippen molar-refractivity contribution in [2.24, 2.45) is 0 Å². The third-order valence-electron chi connectivity index (χ3n) is 5.06. The normalized spacial score (nSPS) is 14.4. The van der Waals surface area contributed by atoms with Crippen molar-refractivity contribution in [2.75, 3.05) is 11.9 Å². The number of fused-ring (bicyclic) bond motifs is 2. The molecule has 1 aliphatic heterocycles. The lowest BCUT2D eigenvalue weighted by Gasteiger charge is -2.16. The SMILES string of the molecule is CN(C(=O)/C=C/C(=O)O)c1ccc2c(=O)n3c(nc2c1)C(=Cc1ccccc1)CC3. The summed E-state index contributed by atoms with van der Waals surface area (Å²) in [5.74, 6) is -1.05. The maximum atomic E-state index is 12.9. The van der Waals surface area contributed by atoms with Gasteiger partial charge in [-0.05, 0) is 41.8 Å². The molecule has 7 heteroatoms. The van der Waals surface area contributed by atoms with Gasteiger partial charge < -0.3 is 10.0 Å². The molecule has 0 bridgehead atoms. The van der Waals surface area contributed by atoms with Gasteiger partial charge in [0.25, 0.3) is 11.5 Å². The number of allylic oxidation sites excluding steroid dienone is 1. The number of likely N-dealkylation sites (N-methyl/N-ethyl adjacent to an activating group) is 1. The van der Waals surface area contributed by atoms with Crippen LogP contribution < -0.4 is 10.5 Å². The van der Waals surface area contributed by atoms with Crippen LogP contribution in [0.1, 0.15) is 17.8 Å². The Kier molecular flexibility index (Phi) is 5.02. The summed E-state index contributed by atoms with van der Waals surface area (Å²) in [5, 5.41) is 9.17. The molecule has 0 saturated carbocycles. The molecule has 1 aromatic heterocycles. The van der Waals surface area contributed by atoms with Crippen molar-refractivity contribution < 1.29 is 14.7 Å². The summed E-state index contributed by atoms with van der Waals surface area (Å²) >= 11 is 0. The van der Waals surface area contributed by atoms with E-state index in [-0.39, 0.29) is 5.56 Å². The average molecular weight is 401 g/mol. The summed E-state index contributed by atoms with van der Waals surface area (Å²) in [7, 11) is 1.54. The Morgan fingerprint density at radius 1 is 1.13 bits per heavy atom. The molecule has 0 atom stereocenters.